The summed E-state index contributed by atoms with van der Waals surface area (Å²) in [4.78, 5) is 11.8. The van der Waals surface area contributed by atoms with Crippen molar-refractivity contribution in [3.8, 4) is 0 Å². The molecular weight excluding hydrogens is 424 g/mol. The molecule has 2 aromatic rings. The SMILES string of the molecule is O=C(/C=C/c1c(F)cccc1Cl)Nc1ccc(Br)cc1Br. The molecule has 2 nitrogen and oxygen atoms in total. The van der Waals surface area contributed by atoms with Gasteiger partial charge in [-0.05, 0) is 52.3 Å². The monoisotopic (exact) mass is 431 g/mol. The molecule has 1 amide bonds. The van der Waals surface area contributed by atoms with Gasteiger partial charge in [-0.15, -0.1) is 0 Å². The Morgan fingerprint density at radius 1 is 1.24 bits per heavy atom. The standard InChI is InChI=1S/C15H9Br2ClFNO/c16-9-4-6-14(11(17)8-9)20-15(21)7-5-10-12(18)2-1-3-13(10)19/h1-8H,(H,20,21)/b7-5+. The van der Waals surface area contributed by atoms with E-state index in [1.54, 1.807) is 18.2 Å². The Morgan fingerprint density at radius 2 is 2.00 bits per heavy atom. The van der Waals surface area contributed by atoms with E-state index in [2.05, 4.69) is 37.2 Å². The van der Waals surface area contributed by atoms with E-state index in [0.29, 0.717) is 5.69 Å². The zero-order valence-electron chi connectivity index (χ0n) is 10.5. The van der Waals surface area contributed by atoms with Gasteiger partial charge >= 0.3 is 0 Å². The van der Waals surface area contributed by atoms with Crippen LogP contribution in [-0.4, -0.2) is 5.91 Å². The lowest BCUT2D eigenvalue weighted by molar-refractivity contribution is -0.111. The highest BCUT2D eigenvalue weighted by atomic mass is 79.9. The molecule has 0 unspecified atom stereocenters. The van der Waals surface area contributed by atoms with Crippen molar-refractivity contribution in [2.75, 3.05) is 5.32 Å². The molecule has 0 fully saturated rings. The first kappa shape index (κ1) is 16.2. The van der Waals surface area contributed by atoms with Crippen LogP contribution in [0.25, 0.3) is 6.08 Å². The van der Waals surface area contributed by atoms with Crippen molar-refractivity contribution in [3.63, 3.8) is 0 Å². The van der Waals surface area contributed by atoms with E-state index >= 15 is 0 Å². The third-order valence-corrected chi connectivity index (χ3v) is 4.07. The van der Waals surface area contributed by atoms with Crippen LogP contribution in [0.15, 0.2) is 51.4 Å². The summed E-state index contributed by atoms with van der Waals surface area (Å²) >= 11 is 12.6. The third kappa shape index (κ3) is 4.40. The molecule has 108 valence electrons. The first-order chi connectivity index (χ1) is 9.97. The van der Waals surface area contributed by atoms with Crippen LogP contribution < -0.4 is 5.32 Å². The molecule has 0 saturated heterocycles. The number of nitrogens with one attached hydrogen (secondary N) is 1. The summed E-state index contributed by atoms with van der Waals surface area (Å²) in [5.74, 6) is -0.853. The van der Waals surface area contributed by atoms with Crippen LogP contribution in [0.1, 0.15) is 5.56 Å². The zero-order chi connectivity index (χ0) is 15.4. The van der Waals surface area contributed by atoms with Gasteiger partial charge in [-0.2, -0.15) is 0 Å². The molecule has 0 atom stereocenters. The Balaban J connectivity index is 2.13. The van der Waals surface area contributed by atoms with Crippen molar-refractivity contribution in [2.45, 2.75) is 0 Å². The normalized spacial score (nSPS) is 10.9. The van der Waals surface area contributed by atoms with Crippen LogP contribution >= 0.6 is 43.5 Å². The average Bonchev–Trinajstić information content (AvgIpc) is 2.41. The smallest absolute Gasteiger partial charge is 0.248 e. The van der Waals surface area contributed by atoms with Crippen molar-refractivity contribution in [3.05, 3.63) is 67.8 Å². The quantitative estimate of drug-likeness (QED) is 0.622. The molecule has 0 aliphatic rings. The fraction of sp³-hybridized carbons (Fsp3) is 0. The van der Waals surface area contributed by atoms with Gasteiger partial charge in [0.1, 0.15) is 5.82 Å². The molecule has 0 bridgehead atoms. The summed E-state index contributed by atoms with van der Waals surface area (Å²) in [5.41, 5.74) is 0.802. The second-order valence-corrected chi connectivity index (χ2v) is 6.26. The van der Waals surface area contributed by atoms with E-state index in [4.69, 9.17) is 11.6 Å². The highest BCUT2D eigenvalue weighted by molar-refractivity contribution is 9.11. The van der Waals surface area contributed by atoms with E-state index in [-0.39, 0.29) is 16.5 Å². The number of benzene rings is 2. The minimum Gasteiger partial charge on any atom is -0.321 e. The van der Waals surface area contributed by atoms with Crippen LogP contribution in [0.3, 0.4) is 0 Å². The molecule has 0 aliphatic heterocycles. The van der Waals surface area contributed by atoms with E-state index < -0.39 is 5.82 Å². The first-order valence-corrected chi connectivity index (χ1v) is 7.82. The maximum absolute atomic E-state index is 13.6. The lowest BCUT2D eigenvalue weighted by Crippen LogP contribution is -2.08. The second kappa shape index (κ2) is 7.20. The number of carbonyl (C=O) groups is 1. The van der Waals surface area contributed by atoms with Crippen molar-refractivity contribution in [1.29, 1.82) is 0 Å². The Bertz CT molecular complexity index is 699. The number of rotatable bonds is 3. The molecule has 0 heterocycles. The van der Waals surface area contributed by atoms with Gasteiger partial charge in [0, 0.05) is 20.6 Å². The fourth-order valence-electron chi connectivity index (χ4n) is 1.59. The maximum Gasteiger partial charge on any atom is 0.248 e. The summed E-state index contributed by atoms with van der Waals surface area (Å²) in [6.07, 6.45) is 2.58. The largest absolute Gasteiger partial charge is 0.321 e. The molecule has 0 aliphatic carbocycles. The van der Waals surface area contributed by atoms with Crippen LogP contribution in [0.2, 0.25) is 5.02 Å². The number of anilines is 1. The highest BCUT2D eigenvalue weighted by Crippen LogP contribution is 2.26. The fourth-order valence-corrected chi connectivity index (χ4v) is 2.97. The van der Waals surface area contributed by atoms with Gasteiger partial charge in [-0.25, -0.2) is 4.39 Å². The molecular formula is C15H9Br2ClFNO. The molecule has 0 spiro atoms. The van der Waals surface area contributed by atoms with Gasteiger partial charge < -0.3 is 5.32 Å². The number of amides is 1. The Hall–Kier alpha value is -1.17. The Kier molecular flexibility index (Phi) is 5.56. The van der Waals surface area contributed by atoms with Crippen molar-refractivity contribution in [2.24, 2.45) is 0 Å². The molecule has 6 heteroatoms. The van der Waals surface area contributed by atoms with Crippen molar-refractivity contribution >= 4 is 61.1 Å². The number of carbonyl (C=O) groups excluding carboxylic acids is 1. The number of halogens is 4. The lowest BCUT2D eigenvalue weighted by atomic mass is 10.2. The molecule has 21 heavy (non-hydrogen) atoms. The third-order valence-electron chi connectivity index (χ3n) is 2.59. The predicted octanol–water partition coefficient (Wildman–Crippen LogP) is 5.66. The van der Waals surface area contributed by atoms with Gasteiger partial charge in [-0.3, -0.25) is 4.79 Å². The van der Waals surface area contributed by atoms with Crippen molar-refractivity contribution < 1.29 is 9.18 Å². The number of hydrogen-bond donors (Lipinski definition) is 1. The maximum atomic E-state index is 13.6. The van der Waals surface area contributed by atoms with Crippen molar-refractivity contribution in [1.82, 2.24) is 0 Å². The predicted molar refractivity (Wildman–Crippen MR) is 90.9 cm³/mol. The first-order valence-electron chi connectivity index (χ1n) is 5.85. The summed E-state index contributed by atoms with van der Waals surface area (Å²) in [6.45, 7) is 0. The lowest BCUT2D eigenvalue weighted by Gasteiger charge is -2.05. The van der Waals surface area contributed by atoms with Gasteiger partial charge in [0.2, 0.25) is 5.91 Å². The molecule has 2 rings (SSSR count). The van der Waals surface area contributed by atoms with Crippen LogP contribution in [-0.2, 0) is 4.79 Å². The van der Waals surface area contributed by atoms with Crippen LogP contribution in [0.5, 0.6) is 0 Å². The molecule has 0 radical (unpaired) electrons. The summed E-state index contributed by atoms with van der Waals surface area (Å²) in [7, 11) is 0. The van der Waals surface area contributed by atoms with E-state index in [1.165, 1.54) is 24.3 Å². The summed E-state index contributed by atoms with van der Waals surface area (Å²) in [5, 5.41) is 2.94. The average molecular weight is 434 g/mol. The minimum atomic E-state index is -0.476. The van der Waals surface area contributed by atoms with E-state index in [0.717, 1.165) is 8.95 Å². The Morgan fingerprint density at radius 3 is 2.67 bits per heavy atom. The van der Waals surface area contributed by atoms with E-state index in [9.17, 15) is 9.18 Å². The molecule has 0 saturated carbocycles. The zero-order valence-corrected chi connectivity index (χ0v) is 14.5. The van der Waals surface area contributed by atoms with Crippen LogP contribution in [0.4, 0.5) is 10.1 Å². The number of hydrogen-bond acceptors (Lipinski definition) is 1. The van der Waals surface area contributed by atoms with Gasteiger partial charge in [0.15, 0.2) is 0 Å². The van der Waals surface area contributed by atoms with E-state index in [1.807, 2.05) is 6.07 Å². The molecule has 1 N–H and O–H groups in total. The topological polar surface area (TPSA) is 29.1 Å². The summed E-state index contributed by atoms with van der Waals surface area (Å²) < 4.78 is 15.2. The molecule has 2 aromatic carbocycles. The second-order valence-electron chi connectivity index (χ2n) is 4.08. The van der Waals surface area contributed by atoms with Gasteiger partial charge in [0.25, 0.3) is 0 Å². The highest BCUT2D eigenvalue weighted by Gasteiger charge is 2.06. The summed E-state index contributed by atoms with van der Waals surface area (Å²) in [6, 6.07) is 9.72. The van der Waals surface area contributed by atoms with Gasteiger partial charge in [-0.1, -0.05) is 33.6 Å². The van der Waals surface area contributed by atoms with Crippen LogP contribution in [0, 0.1) is 5.82 Å². The molecule has 0 aromatic heterocycles. The minimum absolute atomic E-state index is 0.184. The van der Waals surface area contributed by atoms with Gasteiger partial charge in [0.05, 0.1) is 10.7 Å². The Labute approximate surface area is 143 Å².